The maximum atomic E-state index is 12.0. The van der Waals surface area contributed by atoms with E-state index < -0.39 is 0 Å². The van der Waals surface area contributed by atoms with E-state index in [9.17, 15) is 4.79 Å². The highest BCUT2D eigenvalue weighted by Crippen LogP contribution is 2.05. The van der Waals surface area contributed by atoms with Crippen LogP contribution in [0, 0.1) is 11.8 Å². The molecule has 1 aromatic heterocycles. The number of aromatic nitrogens is 1. The fourth-order valence-electron chi connectivity index (χ4n) is 1.46. The molecule has 0 fully saturated rings. The van der Waals surface area contributed by atoms with Gasteiger partial charge >= 0.3 is 0 Å². The minimum atomic E-state index is -0.201. The number of aliphatic hydroxyl groups excluding tert-OH is 1. The minimum absolute atomic E-state index is 0.00132. The molecule has 0 atom stereocenters. The zero-order valence-electron chi connectivity index (χ0n) is 11.8. The largest absolute Gasteiger partial charge is 0.395 e. The molecule has 0 saturated carbocycles. The van der Waals surface area contributed by atoms with Gasteiger partial charge in [0.2, 0.25) is 0 Å². The maximum Gasteiger partial charge on any atom is 0.252 e. The number of aliphatic hydroxyl groups is 1. The van der Waals surface area contributed by atoms with Crippen molar-refractivity contribution in [2.45, 2.75) is 26.4 Å². The number of ether oxygens (including phenoxy) is 1. The lowest BCUT2D eigenvalue weighted by Crippen LogP contribution is -2.28. The van der Waals surface area contributed by atoms with E-state index in [0.717, 1.165) is 0 Å². The Bertz CT molecular complexity index is 489. The van der Waals surface area contributed by atoms with E-state index in [4.69, 9.17) is 9.84 Å². The molecule has 108 valence electrons. The van der Waals surface area contributed by atoms with Crippen LogP contribution in [-0.4, -0.2) is 41.9 Å². The Balaban J connectivity index is 2.61. The predicted molar refractivity (Wildman–Crippen MR) is 76.2 cm³/mol. The Morgan fingerprint density at radius 2 is 2.35 bits per heavy atom. The molecule has 0 aliphatic heterocycles. The average Bonchev–Trinajstić information content (AvgIpc) is 2.44. The van der Waals surface area contributed by atoms with Gasteiger partial charge in [0.15, 0.2) is 0 Å². The summed E-state index contributed by atoms with van der Waals surface area (Å²) in [4.78, 5) is 16.0. The van der Waals surface area contributed by atoms with Crippen molar-refractivity contribution in [3.63, 3.8) is 0 Å². The first-order valence-corrected chi connectivity index (χ1v) is 6.58. The molecule has 5 nitrogen and oxygen atoms in total. The van der Waals surface area contributed by atoms with Crippen molar-refractivity contribution in [2.75, 3.05) is 19.8 Å². The third kappa shape index (κ3) is 5.83. The Kier molecular flexibility index (Phi) is 7.33. The number of carbonyl (C=O) groups excluding carboxylic acids is 1. The van der Waals surface area contributed by atoms with Gasteiger partial charge in [0.05, 0.1) is 30.4 Å². The van der Waals surface area contributed by atoms with E-state index in [0.29, 0.717) is 30.7 Å². The minimum Gasteiger partial charge on any atom is -0.395 e. The molecule has 0 unspecified atom stereocenters. The number of carbonyl (C=O) groups is 1. The van der Waals surface area contributed by atoms with E-state index in [2.05, 4.69) is 22.1 Å². The van der Waals surface area contributed by atoms with Gasteiger partial charge < -0.3 is 15.2 Å². The van der Waals surface area contributed by atoms with Crippen molar-refractivity contribution in [3.05, 3.63) is 29.6 Å². The van der Waals surface area contributed by atoms with E-state index >= 15 is 0 Å². The predicted octanol–water partition coefficient (Wildman–Crippen LogP) is 0.970. The molecule has 1 aromatic rings. The molecule has 0 bridgehead atoms. The van der Waals surface area contributed by atoms with Gasteiger partial charge in [-0.05, 0) is 19.9 Å². The summed E-state index contributed by atoms with van der Waals surface area (Å²) in [6.45, 7) is 4.81. The van der Waals surface area contributed by atoms with Gasteiger partial charge in [0.25, 0.3) is 5.91 Å². The highest BCUT2D eigenvalue weighted by Gasteiger charge is 2.09. The molecule has 0 aromatic carbocycles. The maximum absolute atomic E-state index is 12.0. The summed E-state index contributed by atoms with van der Waals surface area (Å²) in [7, 11) is 0. The average molecular weight is 276 g/mol. The molecule has 0 spiro atoms. The van der Waals surface area contributed by atoms with Crippen LogP contribution in [0.1, 0.15) is 36.2 Å². The zero-order valence-corrected chi connectivity index (χ0v) is 11.8. The van der Waals surface area contributed by atoms with E-state index in [1.54, 1.807) is 18.5 Å². The molecule has 5 heteroatoms. The van der Waals surface area contributed by atoms with Crippen LogP contribution >= 0.6 is 0 Å². The molecule has 1 heterocycles. The topological polar surface area (TPSA) is 71.5 Å². The van der Waals surface area contributed by atoms with E-state index in [1.165, 1.54) is 0 Å². The first-order chi connectivity index (χ1) is 9.65. The van der Waals surface area contributed by atoms with Crippen LogP contribution in [0.15, 0.2) is 18.5 Å². The van der Waals surface area contributed by atoms with Crippen LogP contribution < -0.4 is 5.32 Å². The van der Waals surface area contributed by atoms with Gasteiger partial charge in [-0.2, -0.15) is 0 Å². The number of amides is 1. The van der Waals surface area contributed by atoms with Crippen molar-refractivity contribution in [1.29, 1.82) is 0 Å². The van der Waals surface area contributed by atoms with Crippen LogP contribution in [0.5, 0.6) is 0 Å². The van der Waals surface area contributed by atoms with Gasteiger partial charge in [0, 0.05) is 25.4 Å². The van der Waals surface area contributed by atoms with Gasteiger partial charge in [-0.1, -0.05) is 11.8 Å². The van der Waals surface area contributed by atoms with Crippen LogP contribution in [-0.2, 0) is 4.74 Å². The summed E-state index contributed by atoms with van der Waals surface area (Å²) in [6, 6.07) is 1.63. The third-order valence-corrected chi connectivity index (χ3v) is 2.36. The fraction of sp³-hybridized carbons (Fsp3) is 0.467. The van der Waals surface area contributed by atoms with Crippen molar-refractivity contribution in [2.24, 2.45) is 0 Å². The van der Waals surface area contributed by atoms with Crippen LogP contribution in [0.25, 0.3) is 0 Å². The smallest absolute Gasteiger partial charge is 0.252 e. The molecular formula is C15H20N2O3. The van der Waals surface area contributed by atoms with Gasteiger partial charge in [-0.25, -0.2) is 0 Å². The number of nitrogens with one attached hydrogen (secondary N) is 1. The van der Waals surface area contributed by atoms with Crippen molar-refractivity contribution in [1.82, 2.24) is 10.3 Å². The summed E-state index contributed by atoms with van der Waals surface area (Å²) in [5.41, 5.74) is 1.04. The number of rotatable bonds is 6. The summed E-state index contributed by atoms with van der Waals surface area (Å²) in [5, 5.41) is 11.5. The van der Waals surface area contributed by atoms with E-state index in [-0.39, 0.29) is 18.6 Å². The highest BCUT2D eigenvalue weighted by atomic mass is 16.5. The third-order valence-electron chi connectivity index (χ3n) is 2.36. The van der Waals surface area contributed by atoms with Crippen molar-refractivity contribution < 1.29 is 14.6 Å². The molecular weight excluding hydrogens is 256 g/mol. The molecule has 1 rings (SSSR count). The Morgan fingerprint density at radius 3 is 3.05 bits per heavy atom. The van der Waals surface area contributed by atoms with Crippen molar-refractivity contribution >= 4 is 5.91 Å². The SMILES string of the molecule is CC(C)OCCNC(=O)c1ccncc1C#CCCO. The normalized spacial score (nSPS) is 10.0. The molecule has 20 heavy (non-hydrogen) atoms. The Hall–Kier alpha value is -1.90. The second-order valence-electron chi connectivity index (χ2n) is 4.37. The summed E-state index contributed by atoms with van der Waals surface area (Å²) >= 11 is 0. The molecule has 0 aliphatic carbocycles. The van der Waals surface area contributed by atoms with E-state index in [1.807, 2.05) is 13.8 Å². The Labute approximate surface area is 119 Å². The fourth-order valence-corrected chi connectivity index (χ4v) is 1.46. The first kappa shape index (κ1) is 16.2. The highest BCUT2D eigenvalue weighted by molar-refractivity contribution is 5.96. The monoisotopic (exact) mass is 276 g/mol. The standard InChI is InChI=1S/C15H20N2O3/c1-12(2)20-10-8-17-15(19)14-6-7-16-11-13(14)5-3-4-9-18/h6-7,11-12,18H,4,8-10H2,1-2H3,(H,17,19). The second kappa shape index (κ2) is 9.08. The lowest BCUT2D eigenvalue weighted by Gasteiger charge is -2.09. The number of nitrogens with zero attached hydrogens (tertiary/aromatic N) is 1. The van der Waals surface area contributed by atoms with Crippen molar-refractivity contribution in [3.8, 4) is 11.8 Å². The quantitative estimate of drug-likeness (QED) is 0.600. The molecule has 0 saturated heterocycles. The lowest BCUT2D eigenvalue weighted by atomic mass is 10.1. The Morgan fingerprint density at radius 1 is 1.55 bits per heavy atom. The summed E-state index contributed by atoms with van der Waals surface area (Å²) in [6.07, 6.45) is 3.62. The number of hydrogen-bond acceptors (Lipinski definition) is 4. The number of hydrogen-bond donors (Lipinski definition) is 2. The summed E-state index contributed by atoms with van der Waals surface area (Å²) in [5.74, 6) is 5.42. The molecule has 1 amide bonds. The molecule has 2 N–H and O–H groups in total. The number of pyridine rings is 1. The van der Waals surface area contributed by atoms with Crippen LogP contribution in [0.2, 0.25) is 0 Å². The lowest BCUT2D eigenvalue weighted by molar-refractivity contribution is 0.0746. The van der Waals surface area contributed by atoms with Crippen LogP contribution in [0.4, 0.5) is 0 Å². The first-order valence-electron chi connectivity index (χ1n) is 6.58. The van der Waals surface area contributed by atoms with Gasteiger partial charge in [0.1, 0.15) is 0 Å². The molecule has 0 radical (unpaired) electrons. The van der Waals surface area contributed by atoms with Gasteiger partial charge in [-0.15, -0.1) is 0 Å². The summed E-state index contributed by atoms with van der Waals surface area (Å²) < 4.78 is 5.35. The zero-order chi connectivity index (χ0) is 14.8. The second-order valence-corrected chi connectivity index (χ2v) is 4.37. The van der Waals surface area contributed by atoms with Crippen LogP contribution in [0.3, 0.4) is 0 Å². The van der Waals surface area contributed by atoms with Gasteiger partial charge in [-0.3, -0.25) is 9.78 Å². The molecule has 0 aliphatic rings.